The number of thiazole rings is 1. The van der Waals surface area contributed by atoms with Gasteiger partial charge in [-0.15, -0.1) is 0 Å². The molecule has 7 nitrogen and oxygen atoms in total. The van der Waals surface area contributed by atoms with Gasteiger partial charge in [-0.05, 0) is 24.0 Å². The van der Waals surface area contributed by atoms with Crippen molar-refractivity contribution in [2.75, 3.05) is 70.5 Å². The molecule has 1 aliphatic carbocycles. The Balaban J connectivity index is 1.18. The molecule has 2 aromatic carbocycles. The van der Waals surface area contributed by atoms with Crippen LogP contribution < -0.4 is 10.6 Å². The van der Waals surface area contributed by atoms with Gasteiger partial charge in [-0.25, -0.2) is 4.98 Å². The van der Waals surface area contributed by atoms with Gasteiger partial charge in [-0.2, -0.15) is 0 Å². The van der Waals surface area contributed by atoms with Crippen LogP contribution in [0.2, 0.25) is 0 Å². The summed E-state index contributed by atoms with van der Waals surface area (Å²) < 4.78 is 5.48. The van der Waals surface area contributed by atoms with E-state index in [2.05, 4.69) is 69.3 Å². The van der Waals surface area contributed by atoms with Crippen molar-refractivity contribution in [3.63, 3.8) is 0 Å². The van der Waals surface area contributed by atoms with Crippen molar-refractivity contribution >= 4 is 16.5 Å². The first-order valence-electron chi connectivity index (χ1n) is 13.5. The molecule has 0 bridgehead atoms. The standard InChI is InChI=1S/C29H37N5O2S/c30-29(20-25(35)21-29)24-8-6-22(7-9-24)26-27(23-4-2-1-3-5-23)37-28(31-26)34-14-12-32(13-15-34)10-11-33-16-18-36-19-17-33/h1-9,25,35H,10-21,30H2/t25-,29-. The number of benzene rings is 2. The lowest BCUT2D eigenvalue weighted by Crippen LogP contribution is -2.51. The predicted molar refractivity (Wildman–Crippen MR) is 150 cm³/mol. The summed E-state index contributed by atoms with van der Waals surface area (Å²) in [5.74, 6) is 0. The highest BCUT2D eigenvalue weighted by Gasteiger charge is 2.41. The fourth-order valence-electron chi connectivity index (χ4n) is 5.67. The van der Waals surface area contributed by atoms with Crippen molar-refractivity contribution in [3.05, 3.63) is 60.2 Å². The van der Waals surface area contributed by atoms with E-state index in [0.29, 0.717) is 12.8 Å². The van der Waals surface area contributed by atoms with Crippen molar-refractivity contribution in [3.8, 4) is 21.7 Å². The third-order valence-electron chi connectivity index (χ3n) is 8.06. The highest BCUT2D eigenvalue weighted by molar-refractivity contribution is 7.19. The predicted octanol–water partition coefficient (Wildman–Crippen LogP) is 3.24. The average Bonchev–Trinajstić information content (AvgIpc) is 3.38. The Bertz CT molecular complexity index is 1160. The molecule has 1 saturated carbocycles. The van der Waals surface area contributed by atoms with E-state index in [9.17, 15) is 5.11 Å². The lowest BCUT2D eigenvalue weighted by Gasteiger charge is -2.42. The number of morpholine rings is 1. The number of anilines is 1. The molecule has 0 atom stereocenters. The number of piperazine rings is 1. The summed E-state index contributed by atoms with van der Waals surface area (Å²) in [6, 6.07) is 19.1. The zero-order chi connectivity index (χ0) is 25.2. The Hall–Kier alpha value is -2.33. The summed E-state index contributed by atoms with van der Waals surface area (Å²) in [4.78, 5) is 13.9. The van der Waals surface area contributed by atoms with Crippen LogP contribution in [-0.4, -0.2) is 91.6 Å². The van der Waals surface area contributed by atoms with Crippen molar-refractivity contribution < 1.29 is 9.84 Å². The molecule has 0 spiro atoms. The molecule has 2 saturated heterocycles. The minimum atomic E-state index is -0.408. The average molecular weight is 520 g/mol. The summed E-state index contributed by atoms with van der Waals surface area (Å²) in [5.41, 5.74) is 10.5. The van der Waals surface area contributed by atoms with Gasteiger partial charge in [0.2, 0.25) is 0 Å². The van der Waals surface area contributed by atoms with Gasteiger partial charge in [-0.3, -0.25) is 9.80 Å². The SMILES string of the molecule is N[C@]1(c2ccc(-c3nc(N4CCN(CCN5CCOCC5)CC4)sc3-c3ccccc3)cc2)C[C@@H](O)C1. The highest BCUT2D eigenvalue weighted by Crippen LogP contribution is 2.43. The van der Waals surface area contributed by atoms with Gasteiger partial charge in [-0.1, -0.05) is 65.9 Å². The molecular weight excluding hydrogens is 482 g/mol. The molecule has 3 aliphatic rings. The number of nitrogens with zero attached hydrogens (tertiary/aromatic N) is 4. The van der Waals surface area contributed by atoms with Crippen LogP contribution in [-0.2, 0) is 10.3 Å². The van der Waals surface area contributed by atoms with Crippen molar-refractivity contribution in [2.24, 2.45) is 5.73 Å². The number of nitrogens with two attached hydrogens (primary N) is 1. The van der Waals surface area contributed by atoms with Gasteiger partial charge in [0.1, 0.15) is 0 Å². The molecule has 3 aromatic rings. The highest BCUT2D eigenvalue weighted by atomic mass is 32.1. The molecule has 3 N–H and O–H groups in total. The molecule has 8 heteroatoms. The minimum Gasteiger partial charge on any atom is -0.393 e. The summed E-state index contributed by atoms with van der Waals surface area (Å²) in [7, 11) is 0. The van der Waals surface area contributed by atoms with E-state index in [1.165, 1.54) is 10.4 Å². The van der Waals surface area contributed by atoms with Gasteiger partial charge in [0, 0.05) is 63.5 Å². The molecule has 37 heavy (non-hydrogen) atoms. The van der Waals surface area contributed by atoms with Crippen molar-refractivity contribution in [1.29, 1.82) is 0 Å². The van der Waals surface area contributed by atoms with E-state index in [1.807, 2.05) is 0 Å². The van der Waals surface area contributed by atoms with Crippen LogP contribution >= 0.6 is 11.3 Å². The molecule has 6 rings (SSSR count). The van der Waals surface area contributed by atoms with E-state index in [4.69, 9.17) is 15.5 Å². The van der Waals surface area contributed by atoms with Crippen LogP contribution in [0.25, 0.3) is 21.7 Å². The minimum absolute atomic E-state index is 0.282. The van der Waals surface area contributed by atoms with E-state index in [1.54, 1.807) is 11.3 Å². The second-order valence-electron chi connectivity index (χ2n) is 10.6. The second-order valence-corrected chi connectivity index (χ2v) is 11.6. The molecule has 3 fully saturated rings. The maximum atomic E-state index is 9.77. The molecule has 0 amide bonds. The van der Waals surface area contributed by atoms with E-state index >= 15 is 0 Å². The van der Waals surface area contributed by atoms with E-state index in [0.717, 1.165) is 87.5 Å². The van der Waals surface area contributed by atoms with Crippen LogP contribution in [0, 0.1) is 0 Å². The Morgan fingerprint density at radius 3 is 2.16 bits per heavy atom. The molecule has 0 unspecified atom stereocenters. The lowest BCUT2D eigenvalue weighted by atomic mass is 9.70. The summed E-state index contributed by atoms with van der Waals surface area (Å²) >= 11 is 1.79. The van der Waals surface area contributed by atoms with Crippen LogP contribution in [0.4, 0.5) is 5.13 Å². The molecule has 1 aromatic heterocycles. The van der Waals surface area contributed by atoms with E-state index in [-0.39, 0.29) is 6.10 Å². The number of hydrogen-bond donors (Lipinski definition) is 2. The van der Waals surface area contributed by atoms with Crippen LogP contribution in [0.1, 0.15) is 18.4 Å². The van der Waals surface area contributed by atoms with Gasteiger partial charge >= 0.3 is 0 Å². The zero-order valence-corrected chi connectivity index (χ0v) is 22.2. The maximum absolute atomic E-state index is 9.77. The van der Waals surface area contributed by atoms with Gasteiger partial charge in [0.25, 0.3) is 0 Å². The van der Waals surface area contributed by atoms with Crippen LogP contribution in [0.5, 0.6) is 0 Å². The summed E-state index contributed by atoms with van der Waals surface area (Å²) in [5, 5.41) is 10.9. The van der Waals surface area contributed by atoms with Crippen LogP contribution in [0.15, 0.2) is 54.6 Å². The summed E-state index contributed by atoms with van der Waals surface area (Å²) in [6.45, 7) is 10.2. The van der Waals surface area contributed by atoms with Gasteiger partial charge in [0.15, 0.2) is 5.13 Å². The topological polar surface area (TPSA) is 78.1 Å². The Kier molecular flexibility index (Phi) is 7.29. The maximum Gasteiger partial charge on any atom is 0.186 e. The molecule has 0 radical (unpaired) electrons. The van der Waals surface area contributed by atoms with Crippen LogP contribution in [0.3, 0.4) is 0 Å². The first kappa shape index (κ1) is 25.0. The van der Waals surface area contributed by atoms with E-state index < -0.39 is 5.54 Å². The Morgan fingerprint density at radius 2 is 1.51 bits per heavy atom. The number of aromatic nitrogens is 1. The zero-order valence-electron chi connectivity index (χ0n) is 21.4. The number of aliphatic hydroxyl groups is 1. The van der Waals surface area contributed by atoms with Gasteiger partial charge < -0.3 is 20.5 Å². The Morgan fingerprint density at radius 1 is 0.865 bits per heavy atom. The smallest absolute Gasteiger partial charge is 0.186 e. The fraction of sp³-hybridized carbons (Fsp3) is 0.483. The number of aliphatic hydroxyl groups excluding tert-OH is 1. The normalized spacial score (nSPS) is 25.2. The summed E-state index contributed by atoms with van der Waals surface area (Å²) in [6.07, 6.45) is 0.970. The van der Waals surface area contributed by atoms with Gasteiger partial charge in [0.05, 0.1) is 29.9 Å². The molecule has 2 aliphatic heterocycles. The quantitative estimate of drug-likeness (QED) is 0.496. The number of hydrogen-bond acceptors (Lipinski definition) is 8. The second kappa shape index (κ2) is 10.8. The first-order valence-corrected chi connectivity index (χ1v) is 14.3. The molecule has 196 valence electrons. The monoisotopic (exact) mass is 519 g/mol. The largest absolute Gasteiger partial charge is 0.393 e. The number of ether oxygens (including phenoxy) is 1. The van der Waals surface area contributed by atoms with Crippen molar-refractivity contribution in [1.82, 2.24) is 14.8 Å². The third kappa shape index (κ3) is 5.46. The third-order valence-corrected chi connectivity index (χ3v) is 9.23. The molecule has 3 heterocycles. The molecular formula is C29H37N5O2S. The Labute approximate surface area is 223 Å². The van der Waals surface area contributed by atoms with Crippen molar-refractivity contribution in [2.45, 2.75) is 24.5 Å². The fourth-order valence-corrected chi connectivity index (χ4v) is 6.82. The number of rotatable bonds is 7. The lowest BCUT2D eigenvalue weighted by molar-refractivity contribution is 0.0209. The first-order chi connectivity index (χ1) is 18.1.